The van der Waals surface area contributed by atoms with Gasteiger partial charge in [-0.05, 0) is 46.2 Å². The molecule has 0 fully saturated rings. The molecular formula is C26H31N3O8. The van der Waals surface area contributed by atoms with Gasteiger partial charge in [0.1, 0.15) is 12.5 Å². The van der Waals surface area contributed by atoms with Crippen molar-refractivity contribution >= 4 is 23.6 Å². The van der Waals surface area contributed by atoms with E-state index in [2.05, 4.69) is 15.1 Å². The summed E-state index contributed by atoms with van der Waals surface area (Å²) in [6, 6.07) is 6.97. The zero-order valence-corrected chi connectivity index (χ0v) is 21.8. The van der Waals surface area contributed by atoms with Crippen LogP contribution in [0.2, 0.25) is 0 Å². The average Bonchev–Trinajstić information content (AvgIpc) is 3.34. The fraction of sp³-hybridized carbons (Fsp3) is 0.462. The largest absolute Gasteiger partial charge is 0.462 e. The number of hydrogen-bond acceptors (Lipinski definition) is 11. The summed E-state index contributed by atoms with van der Waals surface area (Å²) in [6.07, 6.45) is -0.364. The zero-order valence-electron chi connectivity index (χ0n) is 21.8. The van der Waals surface area contributed by atoms with E-state index in [9.17, 15) is 14.4 Å². The molecule has 2 aromatic rings. The van der Waals surface area contributed by atoms with Crippen molar-refractivity contribution in [2.75, 3.05) is 26.9 Å². The number of nitrogens with zero attached hydrogens (tertiary/aromatic N) is 3. The van der Waals surface area contributed by atoms with E-state index in [1.165, 1.54) is 7.11 Å². The van der Waals surface area contributed by atoms with E-state index in [-0.39, 0.29) is 43.2 Å². The van der Waals surface area contributed by atoms with Gasteiger partial charge in [0, 0.05) is 30.0 Å². The Hall–Kier alpha value is -3.86. The number of rotatable bonds is 10. The molecule has 3 rings (SSSR count). The van der Waals surface area contributed by atoms with E-state index < -0.39 is 29.7 Å². The van der Waals surface area contributed by atoms with Crippen LogP contribution in [0, 0.1) is 5.92 Å². The quantitative estimate of drug-likeness (QED) is 0.263. The highest BCUT2D eigenvalue weighted by Gasteiger charge is 2.42. The number of carbonyl (C=O) groups excluding carboxylic acids is 3. The molecule has 2 unspecified atom stereocenters. The lowest BCUT2D eigenvalue weighted by Gasteiger charge is -2.32. The predicted molar refractivity (Wildman–Crippen MR) is 132 cm³/mol. The Bertz CT molecular complexity index is 1210. The summed E-state index contributed by atoms with van der Waals surface area (Å²) >= 11 is 0. The Balaban J connectivity index is 2.08. The Morgan fingerprint density at radius 3 is 2.51 bits per heavy atom. The molecule has 0 spiro atoms. The van der Waals surface area contributed by atoms with Crippen LogP contribution >= 0.6 is 0 Å². The molecule has 1 aromatic heterocycles. The topological polar surface area (TPSA) is 139 Å². The van der Waals surface area contributed by atoms with Gasteiger partial charge in [0.05, 0.1) is 24.9 Å². The maximum Gasteiger partial charge on any atom is 0.397 e. The normalized spacial score (nSPS) is 17.4. The van der Waals surface area contributed by atoms with Crippen LogP contribution < -0.4 is 0 Å². The molecule has 1 aliphatic heterocycles. The minimum Gasteiger partial charge on any atom is -0.462 e. The average molecular weight is 514 g/mol. The standard InChI is InChI=1S/C26H31N3O8/c1-7-34-26(32)23-28-22(29-37-23)18-10-8-9-17(13-18)21-19(24(30)35-12-11-33-6)15(4)27-16(5)20(21)25(31)36-14(2)3/h8-10,13-14,20-21H,7,11-12H2,1-6H3. The fourth-order valence-corrected chi connectivity index (χ4v) is 4.06. The van der Waals surface area contributed by atoms with Gasteiger partial charge >= 0.3 is 23.8 Å². The third-order valence-electron chi connectivity index (χ3n) is 5.55. The monoisotopic (exact) mass is 513 g/mol. The predicted octanol–water partition coefficient (Wildman–Crippen LogP) is 3.50. The molecule has 198 valence electrons. The van der Waals surface area contributed by atoms with Crippen molar-refractivity contribution in [3.05, 3.63) is 47.0 Å². The minimum absolute atomic E-state index is 0.0438. The van der Waals surface area contributed by atoms with Crippen LogP contribution in [0.25, 0.3) is 11.4 Å². The minimum atomic E-state index is -0.869. The first-order valence-corrected chi connectivity index (χ1v) is 11.9. The molecule has 1 aromatic carbocycles. The van der Waals surface area contributed by atoms with Crippen molar-refractivity contribution in [2.24, 2.45) is 10.9 Å². The first-order chi connectivity index (χ1) is 17.7. The van der Waals surface area contributed by atoms with E-state index in [1.54, 1.807) is 58.9 Å². The number of hydrogen-bond donors (Lipinski definition) is 0. The van der Waals surface area contributed by atoms with E-state index in [1.807, 2.05) is 0 Å². The van der Waals surface area contributed by atoms with Crippen LogP contribution in [0.4, 0.5) is 0 Å². The molecular weight excluding hydrogens is 482 g/mol. The number of benzene rings is 1. The van der Waals surface area contributed by atoms with Gasteiger partial charge < -0.3 is 23.5 Å². The van der Waals surface area contributed by atoms with Crippen molar-refractivity contribution < 1.29 is 37.9 Å². The summed E-state index contributed by atoms with van der Waals surface area (Å²) < 4.78 is 25.9. The maximum absolute atomic E-state index is 13.2. The molecule has 0 saturated heterocycles. The van der Waals surface area contributed by atoms with Gasteiger partial charge in [-0.3, -0.25) is 9.79 Å². The van der Waals surface area contributed by atoms with Crippen LogP contribution in [-0.4, -0.2) is 66.8 Å². The molecule has 0 N–H and O–H groups in total. The van der Waals surface area contributed by atoms with Gasteiger partial charge in [0.25, 0.3) is 0 Å². The van der Waals surface area contributed by atoms with Crippen molar-refractivity contribution in [2.45, 2.75) is 46.6 Å². The first-order valence-electron chi connectivity index (χ1n) is 11.9. The summed E-state index contributed by atoms with van der Waals surface area (Å²) in [4.78, 5) is 47.0. The maximum atomic E-state index is 13.2. The summed E-state index contributed by atoms with van der Waals surface area (Å²) in [5, 5.41) is 3.88. The van der Waals surface area contributed by atoms with Crippen LogP contribution in [-0.2, 0) is 28.5 Å². The fourth-order valence-electron chi connectivity index (χ4n) is 4.06. The second-order valence-electron chi connectivity index (χ2n) is 8.59. The Kier molecular flexibility index (Phi) is 9.29. The number of allylic oxidation sites excluding steroid dienone is 1. The lowest BCUT2D eigenvalue weighted by molar-refractivity contribution is -0.150. The summed E-state index contributed by atoms with van der Waals surface area (Å²) in [7, 11) is 1.50. The van der Waals surface area contributed by atoms with Gasteiger partial charge in [-0.1, -0.05) is 23.4 Å². The van der Waals surface area contributed by atoms with Crippen LogP contribution in [0.3, 0.4) is 0 Å². The highest BCUT2D eigenvalue weighted by Crippen LogP contribution is 2.41. The zero-order chi connectivity index (χ0) is 27.1. The summed E-state index contributed by atoms with van der Waals surface area (Å²) in [5.41, 5.74) is 2.31. The van der Waals surface area contributed by atoms with E-state index >= 15 is 0 Å². The molecule has 0 radical (unpaired) electrons. The van der Waals surface area contributed by atoms with Crippen molar-refractivity contribution in [3.8, 4) is 11.4 Å². The van der Waals surface area contributed by atoms with Crippen LogP contribution in [0.5, 0.6) is 0 Å². The molecule has 37 heavy (non-hydrogen) atoms. The van der Waals surface area contributed by atoms with Crippen LogP contribution in [0.1, 0.15) is 56.8 Å². The molecule has 0 amide bonds. The Morgan fingerprint density at radius 2 is 1.84 bits per heavy atom. The van der Waals surface area contributed by atoms with E-state index in [0.29, 0.717) is 22.5 Å². The summed E-state index contributed by atoms with van der Waals surface area (Å²) in [5.74, 6) is -3.59. The third-order valence-corrected chi connectivity index (χ3v) is 5.55. The summed E-state index contributed by atoms with van der Waals surface area (Å²) in [6.45, 7) is 9.02. The second-order valence-corrected chi connectivity index (χ2v) is 8.59. The molecule has 0 bridgehead atoms. The van der Waals surface area contributed by atoms with Gasteiger partial charge in [0.15, 0.2) is 0 Å². The number of aliphatic imine (C=N–C) groups is 1. The van der Waals surface area contributed by atoms with Gasteiger partial charge in [-0.25, -0.2) is 9.59 Å². The van der Waals surface area contributed by atoms with Crippen molar-refractivity contribution in [1.29, 1.82) is 0 Å². The third kappa shape index (κ3) is 6.48. The molecule has 2 heterocycles. The van der Waals surface area contributed by atoms with Gasteiger partial charge in [-0.2, -0.15) is 4.98 Å². The van der Waals surface area contributed by atoms with Gasteiger partial charge in [-0.15, -0.1) is 0 Å². The number of carbonyl (C=O) groups is 3. The molecule has 2 atom stereocenters. The SMILES string of the molecule is CCOC(=O)c1nc(-c2cccc(C3C(C(=O)OCCOC)=C(C)N=C(C)C3C(=O)OC(C)C)c2)no1. The van der Waals surface area contributed by atoms with Crippen molar-refractivity contribution in [3.63, 3.8) is 0 Å². The lowest BCUT2D eigenvalue weighted by atomic mass is 9.75. The first kappa shape index (κ1) is 27.7. The highest BCUT2D eigenvalue weighted by molar-refractivity contribution is 6.07. The van der Waals surface area contributed by atoms with Crippen molar-refractivity contribution in [1.82, 2.24) is 10.1 Å². The molecule has 11 heteroatoms. The molecule has 0 aliphatic carbocycles. The second kappa shape index (κ2) is 12.4. The number of esters is 3. The number of methoxy groups -OCH3 is 1. The van der Waals surface area contributed by atoms with E-state index in [4.69, 9.17) is 23.5 Å². The van der Waals surface area contributed by atoms with Gasteiger partial charge in [0.2, 0.25) is 5.82 Å². The number of ether oxygens (including phenoxy) is 4. The lowest BCUT2D eigenvalue weighted by Crippen LogP contribution is -2.37. The molecule has 11 nitrogen and oxygen atoms in total. The smallest absolute Gasteiger partial charge is 0.397 e. The Labute approximate surface area is 214 Å². The molecule has 1 aliphatic rings. The van der Waals surface area contributed by atoms with E-state index in [0.717, 1.165) is 0 Å². The Morgan fingerprint density at radius 1 is 1.08 bits per heavy atom. The highest BCUT2D eigenvalue weighted by atomic mass is 16.6. The molecule has 0 saturated carbocycles. The number of aromatic nitrogens is 2. The van der Waals surface area contributed by atoms with Crippen LogP contribution in [0.15, 0.2) is 45.1 Å².